The molecular weight excluding hydrogens is 406 g/mol. The Morgan fingerprint density at radius 3 is 2.59 bits per heavy atom. The van der Waals surface area contributed by atoms with E-state index in [2.05, 4.69) is 11.1 Å². The molecule has 2 heterocycles. The lowest BCUT2D eigenvalue weighted by molar-refractivity contribution is 0.00842. The zero-order chi connectivity index (χ0) is 22.7. The van der Waals surface area contributed by atoms with Crippen LogP contribution in [0.2, 0.25) is 0 Å². The van der Waals surface area contributed by atoms with Crippen LogP contribution in [-0.4, -0.2) is 34.9 Å². The Bertz CT molecular complexity index is 1120. The van der Waals surface area contributed by atoms with Crippen molar-refractivity contribution in [1.29, 1.82) is 5.41 Å². The SMILES string of the molecule is CCC(C)(O)COc1ccc2c(c1)C(COC(=N)N)c1cc(-c3cccnc3)ccc1O2. The van der Waals surface area contributed by atoms with Gasteiger partial charge >= 0.3 is 0 Å². The molecule has 7 heteroatoms. The van der Waals surface area contributed by atoms with Gasteiger partial charge in [-0.1, -0.05) is 19.1 Å². The van der Waals surface area contributed by atoms with Crippen molar-refractivity contribution in [2.45, 2.75) is 31.8 Å². The van der Waals surface area contributed by atoms with Gasteiger partial charge in [0.2, 0.25) is 0 Å². The van der Waals surface area contributed by atoms with Crippen molar-refractivity contribution in [2.75, 3.05) is 13.2 Å². The molecule has 7 nitrogen and oxygen atoms in total. The van der Waals surface area contributed by atoms with Crippen molar-refractivity contribution in [3.8, 4) is 28.4 Å². The topological polar surface area (TPSA) is 111 Å². The number of hydrogen-bond acceptors (Lipinski definition) is 6. The summed E-state index contributed by atoms with van der Waals surface area (Å²) in [4.78, 5) is 4.21. The molecule has 0 bridgehead atoms. The molecule has 2 unspecified atom stereocenters. The molecule has 2 aromatic carbocycles. The van der Waals surface area contributed by atoms with E-state index in [1.165, 1.54) is 0 Å². The Morgan fingerprint density at radius 2 is 1.91 bits per heavy atom. The van der Waals surface area contributed by atoms with E-state index < -0.39 is 5.60 Å². The summed E-state index contributed by atoms with van der Waals surface area (Å²) in [6.07, 6.45) is 4.13. The first kappa shape index (κ1) is 21.6. The minimum Gasteiger partial charge on any atom is -0.491 e. The third-order valence-electron chi connectivity index (χ3n) is 5.67. The highest BCUT2D eigenvalue weighted by Crippen LogP contribution is 2.46. The molecule has 4 N–H and O–H groups in total. The highest BCUT2D eigenvalue weighted by Gasteiger charge is 2.29. The predicted molar refractivity (Wildman–Crippen MR) is 122 cm³/mol. The van der Waals surface area contributed by atoms with Crippen molar-refractivity contribution in [3.63, 3.8) is 0 Å². The molecule has 1 aliphatic rings. The standard InChI is InChI=1S/C25H27N3O4/c1-3-25(2,29)15-31-18-7-9-23-20(12-18)21(14-30-24(26)27)19-11-16(6-8-22(19)32-23)17-5-4-10-28-13-17/h4-13,21,29H,3,14-15H2,1-2H3,(H3,26,27). The number of aromatic nitrogens is 1. The molecule has 0 saturated heterocycles. The first-order valence-electron chi connectivity index (χ1n) is 10.5. The Labute approximate surface area is 187 Å². The van der Waals surface area contributed by atoms with Crippen molar-refractivity contribution >= 4 is 6.02 Å². The summed E-state index contributed by atoms with van der Waals surface area (Å²) in [6, 6.07) is 15.1. The number of nitrogens with zero attached hydrogens (tertiary/aromatic N) is 1. The zero-order valence-electron chi connectivity index (χ0n) is 18.2. The van der Waals surface area contributed by atoms with E-state index in [9.17, 15) is 5.11 Å². The molecule has 0 spiro atoms. The van der Waals surface area contributed by atoms with Crippen LogP contribution in [0.5, 0.6) is 17.2 Å². The van der Waals surface area contributed by atoms with Crippen LogP contribution < -0.4 is 15.2 Å². The van der Waals surface area contributed by atoms with Gasteiger partial charge in [0.1, 0.15) is 30.5 Å². The number of hydrogen-bond donors (Lipinski definition) is 3. The second kappa shape index (κ2) is 8.88. The quantitative estimate of drug-likeness (QED) is 0.375. The lowest BCUT2D eigenvalue weighted by Crippen LogP contribution is -2.31. The van der Waals surface area contributed by atoms with E-state index >= 15 is 0 Å². The summed E-state index contributed by atoms with van der Waals surface area (Å²) in [5, 5.41) is 17.8. The molecular formula is C25H27N3O4. The minimum atomic E-state index is -0.908. The average Bonchev–Trinajstić information content (AvgIpc) is 2.80. The molecule has 166 valence electrons. The molecule has 3 aromatic rings. The fraction of sp³-hybridized carbons (Fsp3) is 0.280. The fourth-order valence-electron chi connectivity index (χ4n) is 3.59. The number of rotatable bonds is 7. The van der Waals surface area contributed by atoms with E-state index in [-0.39, 0.29) is 25.2 Å². The van der Waals surface area contributed by atoms with Gasteiger partial charge in [-0.3, -0.25) is 10.4 Å². The first-order valence-corrected chi connectivity index (χ1v) is 10.5. The lowest BCUT2D eigenvalue weighted by Gasteiger charge is -2.29. The van der Waals surface area contributed by atoms with Gasteiger partial charge in [-0.2, -0.15) is 0 Å². The van der Waals surface area contributed by atoms with Gasteiger partial charge in [-0.25, -0.2) is 0 Å². The van der Waals surface area contributed by atoms with Crippen LogP contribution in [-0.2, 0) is 4.74 Å². The van der Waals surface area contributed by atoms with E-state index in [0.717, 1.165) is 28.0 Å². The Hall–Kier alpha value is -3.58. The molecule has 4 rings (SSSR count). The number of pyridine rings is 1. The number of ether oxygens (including phenoxy) is 3. The van der Waals surface area contributed by atoms with E-state index in [0.29, 0.717) is 17.9 Å². The lowest BCUT2D eigenvalue weighted by atomic mass is 9.87. The van der Waals surface area contributed by atoms with Crippen LogP contribution in [0, 0.1) is 5.41 Å². The zero-order valence-corrected chi connectivity index (χ0v) is 18.2. The maximum absolute atomic E-state index is 10.3. The van der Waals surface area contributed by atoms with Gasteiger partial charge in [-0.05, 0) is 55.3 Å². The van der Waals surface area contributed by atoms with Gasteiger partial charge in [0.15, 0.2) is 0 Å². The summed E-state index contributed by atoms with van der Waals surface area (Å²) in [6.45, 7) is 4.02. The summed E-state index contributed by atoms with van der Waals surface area (Å²) in [5.74, 6) is 1.83. The molecule has 2 atom stereocenters. The summed E-state index contributed by atoms with van der Waals surface area (Å²) in [5.41, 5.74) is 8.37. The smallest absolute Gasteiger partial charge is 0.279 e. The van der Waals surface area contributed by atoms with Gasteiger partial charge < -0.3 is 25.1 Å². The van der Waals surface area contributed by atoms with Crippen molar-refractivity contribution in [3.05, 3.63) is 72.1 Å². The number of fused-ring (bicyclic) bond motifs is 2. The normalized spacial score (nSPS) is 16.2. The Kier molecular flexibility index (Phi) is 6.01. The van der Waals surface area contributed by atoms with Crippen LogP contribution in [0.4, 0.5) is 0 Å². The number of amidine groups is 1. The van der Waals surface area contributed by atoms with E-state index in [1.54, 1.807) is 13.1 Å². The highest BCUT2D eigenvalue weighted by atomic mass is 16.5. The highest BCUT2D eigenvalue weighted by molar-refractivity contribution is 5.69. The third-order valence-corrected chi connectivity index (χ3v) is 5.67. The maximum atomic E-state index is 10.3. The number of benzene rings is 2. The summed E-state index contributed by atoms with van der Waals surface area (Å²) < 4.78 is 17.5. The number of aliphatic hydroxyl groups is 1. The van der Waals surface area contributed by atoms with Crippen LogP contribution in [0.25, 0.3) is 11.1 Å². The molecule has 32 heavy (non-hydrogen) atoms. The minimum absolute atomic E-state index is 0.180. The van der Waals surface area contributed by atoms with Crippen LogP contribution >= 0.6 is 0 Å². The molecule has 0 radical (unpaired) electrons. The van der Waals surface area contributed by atoms with E-state index in [4.69, 9.17) is 25.4 Å². The first-order chi connectivity index (χ1) is 15.4. The monoisotopic (exact) mass is 433 g/mol. The predicted octanol–water partition coefficient (Wildman–Crippen LogP) is 4.44. The largest absolute Gasteiger partial charge is 0.491 e. The number of nitrogens with one attached hydrogen (secondary N) is 1. The van der Waals surface area contributed by atoms with Gasteiger partial charge in [-0.15, -0.1) is 0 Å². The second-order valence-corrected chi connectivity index (χ2v) is 8.16. The Morgan fingerprint density at radius 1 is 1.16 bits per heavy atom. The Balaban J connectivity index is 1.71. The fourth-order valence-corrected chi connectivity index (χ4v) is 3.59. The van der Waals surface area contributed by atoms with Crippen molar-refractivity contribution in [1.82, 2.24) is 4.98 Å². The molecule has 0 aliphatic carbocycles. The van der Waals surface area contributed by atoms with Gasteiger partial charge in [0.05, 0.1) is 11.5 Å². The average molecular weight is 434 g/mol. The summed E-state index contributed by atoms with van der Waals surface area (Å²) >= 11 is 0. The van der Waals surface area contributed by atoms with Gasteiger partial charge in [0, 0.05) is 29.1 Å². The van der Waals surface area contributed by atoms with Gasteiger partial charge in [0.25, 0.3) is 6.02 Å². The second-order valence-electron chi connectivity index (χ2n) is 8.16. The molecule has 0 amide bonds. The molecule has 1 aromatic heterocycles. The molecule has 0 fully saturated rings. The molecule has 1 aliphatic heterocycles. The van der Waals surface area contributed by atoms with E-state index in [1.807, 2.05) is 55.6 Å². The summed E-state index contributed by atoms with van der Waals surface area (Å²) in [7, 11) is 0. The van der Waals surface area contributed by atoms with Crippen LogP contribution in [0.3, 0.4) is 0 Å². The van der Waals surface area contributed by atoms with Crippen molar-refractivity contribution in [2.24, 2.45) is 5.73 Å². The third kappa shape index (κ3) is 4.68. The van der Waals surface area contributed by atoms with Crippen LogP contribution in [0.15, 0.2) is 60.9 Å². The van der Waals surface area contributed by atoms with Crippen LogP contribution in [0.1, 0.15) is 37.3 Å². The van der Waals surface area contributed by atoms with Crippen molar-refractivity contribution < 1.29 is 19.3 Å². The maximum Gasteiger partial charge on any atom is 0.279 e. The molecule has 0 saturated carbocycles. The number of nitrogens with two attached hydrogens (primary N) is 1.